The van der Waals surface area contributed by atoms with Gasteiger partial charge in [-0.05, 0) is 49.9 Å². The van der Waals surface area contributed by atoms with Gasteiger partial charge in [-0.1, -0.05) is 6.07 Å². The molecule has 1 saturated carbocycles. The molecule has 0 radical (unpaired) electrons. The maximum absolute atomic E-state index is 12.9. The summed E-state index contributed by atoms with van der Waals surface area (Å²) in [4.78, 5) is 16.8. The molecule has 1 saturated heterocycles. The van der Waals surface area contributed by atoms with Gasteiger partial charge in [-0.15, -0.1) is 23.4 Å². The largest absolute Gasteiger partial charge is 0.522 e. The number of hydrogen-bond donors (Lipinski definition) is 1. The molecule has 1 aromatic carbocycles. The first-order chi connectivity index (χ1) is 17.4. The molecule has 8 nitrogen and oxygen atoms in total. The zero-order valence-electron chi connectivity index (χ0n) is 19.0. The number of nitrogens with zero attached hydrogens (tertiary/aromatic N) is 3. The minimum atomic E-state index is -4.68. The van der Waals surface area contributed by atoms with Gasteiger partial charge >= 0.3 is 12.5 Å². The van der Waals surface area contributed by atoms with Crippen molar-refractivity contribution in [1.29, 1.82) is 0 Å². The van der Waals surface area contributed by atoms with Gasteiger partial charge in [0, 0.05) is 11.3 Å². The summed E-state index contributed by atoms with van der Waals surface area (Å²) in [5, 5.41) is 10.9. The summed E-state index contributed by atoms with van der Waals surface area (Å²) in [6.45, 7) is 0.140. The standard InChI is InChI=1S/C23H20F6N4O4/c24-22(25,26)13-2-5-16-11(7-13)1-4-17(31-16)19(34)30-14-3-6-18(35-10-14)21-33-32-20(36-21)12-8-15(9-12)37-23(27,28)29/h1-2,4-5,7,12,14-15,18H,3,6,8-10H2,(H,30,34)/t12-,14-,15+,18+/m1/s1. The van der Waals surface area contributed by atoms with Crippen LogP contribution in [0.15, 0.2) is 34.7 Å². The van der Waals surface area contributed by atoms with Crippen LogP contribution in [-0.2, 0) is 15.7 Å². The average Bonchev–Trinajstić information content (AvgIpc) is 3.29. The van der Waals surface area contributed by atoms with Crippen LogP contribution in [0.3, 0.4) is 0 Å². The van der Waals surface area contributed by atoms with Crippen LogP contribution in [0, 0.1) is 0 Å². The van der Waals surface area contributed by atoms with Crippen LogP contribution in [0.1, 0.15) is 65.5 Å². The molecule has 2 aliphatic rings. The van der Waals surface area contributed by atoms with E-state index in [0.717, 1.165) is 12.1 Å². The topological polar surface area (TPSA) is 99.4 Å². The molecule has 2 fully saturated rings. The van der Waals surface area contributed by atoms with Crippen molar-refractivity contribution in [3.63, 3.8) is 0 Å². The van der Waals surface area contributed by atoms with Gasteiger partial charge in [0.05, 0.1) is 29.8 Å². The average molecular weight is 530 g/mol. The molecule has 2 aromatic heterocycles. The van der Waals surface area contributed by atoms with E-state index in [4.69, 9.17) is 9.15 Å². The van der Waals surface area contributed by atoms with Gasteiger partial charge in [0.15, 0.2) is 0 Å². The Morgan fingerprint density at radius 1 is 1.00 bits per heavy atom. The molecule has 0 bridgehead atoms. The third-order valence-electron chi connectivity index (χ3n) is 6.34. The van der Waals surface area contributed by atoms with E-state index in [1.54, 1.807) is 0 Å². The van der Waals surface area contributed by atoms with Gasteiger partial charge in [0.25, 0.3) is 5.91 Å². The second-order valence-corrected chi connectivity index (χ2v) is 9.00. The van der Waals surface area contributed by atoms with E-state index >= 15 is 0 Å². The Balaban J connectivity index is 1.12. The Kier molecular flexibility index (Phi) is 6.56. The number of amides is 1. The number of hydrogen-bond acceptors (Lipinski definition) is 7. The number of aromatic nitrogens is 3. The number of rotatable bonds is 5. The lowest BCUT2D eigenvalue weighted by molar-refractivity contribution is -0.352. The molecule has 14 heteroatoms. The smallest absolute Gasteiger partial charge is 0.422 e. The van der Waals surface area contributed by atoms with Gasteiger partial charge in [0.2, 0.25) is 11.8 Å². The summed E-state index contributed by atoms with van der Waals surface area (Å²) >= 11 is 0. The molecule has 1 N–H and O–H groups in total. The molecule has 198 valence electrons. The van der Waals surface area contributed by atoms with E-state index in [0.29, 0.717) is 12.8 Å². The van der Waals surface area contributed by atoms with Crippen LogP contribution >= 0.6 is 0 Å². The van der Waals surface area contributed by atoms with Gasteiger partial charge in [-0.3, -0.25) is 9.53 Å². The predicted octanol–water partition coefficient (Wildman–Crippen LogP) is 5.07. The van der Waals surface area contributed by atoms with E-state index in [1.165, 1.54) is 18.2 Å². The number of fused-ring (bicyclic) bond motifs is 1. The number of ether oxygens (including phenoxy) is 2. The van der Waals surface area contributed by atoms with Crippen molar-refractivity contribution < 1.29 is 45.0 Å². The van der Waals surface area contributed by atoms with E-state index in [2.05, 4.69) is 25.2 Å². The highest BCUT2D eigenvalue weighted by molar-refractivity contribution is 5.95. The number of pyridine rings is 1. The van der Waals surface area contributed by atoms with Crippen molar-refractivity contribution in [2.75, 3.05) is 6.61 Å². The van der Waals surface area contributed by atoms with Crippen molar-refractivity contribution >= 4 is 16.8 Å². The van der Waals surface area contributed by atoms with Crippen molar-refractivity contribution in [3.05, 3.63) is 53.4 Å². The van der Waals surface area contributed by atoms with Gasteiger partial charge in [0.1, 0.15) is 11.8 Å². The highest BCUT2D eigenvalue weighted by Crippen LogP contribution is 2.41. The summed E-state index contributed by atoms with van der Waals surface area (Å²) in [6.07, 6.45) is -9.37. The summed E-state index contributed by atoms with van der Waals surface area (Å²) in [7, 11) is 0. The lowest BCUT2D eigenvalue weighted by Gasteiger charge is -2.33. The van der Waals surface area contributed by atoms with Crippen LogP contribution in [0.4, 0.5) is 26.3 Å². The molecule has 2 atom stereocenters. The number of carbonyl (C=O) groups is 1. The normalized spacial score (nSPS) is 24.6. The fourth-order valence-corrected chi connectivity index (χ4v) is 4.34. The summed E-state index contributed by atoms with van der Waals surface area (Å²) in [5.74, 6) is -0.344. The van der Waals surface area contributed by atoms with Gasteiger partial charge in [-0.25, -0.2) is 4.98 Å². The monoisotopic (exact) mass is 530 g/mol. The Morgan fingerprint density at radius 3 is 2.43 bits per heavy atom. The van der Waals surface area contributed by atoms with E-state index < -0.39 is 36.2 Å². The van der Waals surface area contributed by atoms with Crippen molar-refractivity contribution in [2.24, 2.45) is 0 Å². The first-order valence-electron chi connectivity index (χ1n) is 11.4. The molecule has 5 rings (SSSR count). The molecule has 0 unspecified atom stereocenters. The molecule has 37 heavy (non-hydrogen) atoms. The maximum atomic E-state index is 12.9. The van der Waals surface area contributed by atoms with E-state index in [-0.39, 0.29) is 59.8 Å². The first kappa shape index (κ1) is 25.4. The Bertz CT molecular complexity index is 1280. The first-order valence-corrected chi connectivity index (χ1v) is 11.4. The third kappa shape index (κ3) is 5.85. The van der Waals surface area contributed by atoms with Gasteiger partial charge < -0.3 is 14.5 Å². The predicted molar refractivity (Wildman–Crippen MR) is 113 cm³/mol. The maximum Gasteiger partial charge on any atom is 0.522 e. The Morgan fingerprint density at radius 2 is 1.76 bits per heavy atom. The third-order valence-corrected chi connectivity index (χ3v) is 6.34. The fraction of sp³-hybridized carbons (Fsp3) is 0.478. The number of benzene rings is 1. The highest BCUT2D eigenvalue weighted by atomic mass is 19.4. The molecule has 1 amide bonds. The van der Waals surface area contributed by atoms with Crippen LogP contribution < -0.4 is 5.32 Å². The van der Waals surface area contributed by atoms with Crippen LogP contribution in [0.5, 0.6) is 0 Å². The van der Waals surface area contributed by atoms with E-state index in [9.17, 15) is 31.1 Å². The minimum absolute atomic E-state index is 0.0595. The quantitative estimate of drug-likeness (QED) is 0.460. The molecular weight excluding hydrogens is 510 g/mol. The van der Waals surface area contributed by atoms with Crippen LogP contribution in [0.2, 0.25) is 0 Å². The zero-order valence-corrected chi connectivity index (χ0v) is 19.0. The molecule has 1 aliphatic heterocycles. The number of carbonyl (C=O) groups excluding carboxylic acids is 1. The summed E-state index contributed by atoms with van der Waals surface area (Å²) in [5.41, 5.74) is -0.478. The molecule has 3 aromatic rings. The molecular formula is C23H20F6N4O4. The lowest BCUT2D eigenvalue weighted by Crippen LogP contribution is -2.41. The lowest BCUT2D eigenvalue weighted by atomic mass is 9.82. The van der Waals surface area contributed by atoms with Gasteiger partial charge in [-0.2, -0.15) is 13.2 Å². The number of alkyl halides is 6. The van der Waals surface area contributed by atoms with Crippen molar-refractivity contribution in [2.45, 2.75) is 62.4 Å². The zero-order chi connectivity index (χ0) is 26.4. The molecule has 1 aliphatic carbocycles. The SMILES string of the molecule is O=C(N[C@@H]1CC[C@@H](c2nnc([C@H]3C[C@@H](OC(F)(F)F)C3)o2)OC1)c1ccc2cc(C(F)(F)F)ccc2n1. The Labute approximate surface area is 205 Å². The van der Waals surface area contributed by atoms with E-state index in [1.807, 2.05) is 0 Å². The summed E-state index contributed by atoms with van der Waals surface area (Å²) in [6, 6.07) is 5.52. The minimum Gasteiger partial charge on any atom is -0.422 e. The van der Waals surface area contributed by atoms with Crippen molar-refractivity contribution in [1.82, 2.24) is 20.5 Å². The van der Waals surface area contributed by atoms with Crippen LogP contribution in [0.25, 0.3) is 10.9 Å². The second-order valence-electron chi connectivity index (χ2n) is 9.00. The highest BCUT2D eigenvalue weighted by Gasteiger charge is 2.43. The molecule has 0 spiro atoms. The summed E-state index contributed by atoms with van der Waals surface area (Å²) < 4.78 is 90.8. The van der Waals surface area contributed by atoms with Crippen LogP contribution in [-0.4, -0.2) is 46.2 Å². The number of nitrogens with one attached hydrogen (secondary N) is 1. The molecule has 3 heterocycles. The second kappa shape index (κ2) is 9.56. The Hall–Kier alpha value is -3.26. The number of halogens is 6. The van der Waals surface area contributed by atoms with Crippen molar-refractivity contribution in [3.8, 4) is 0 Å². The fourth-order valence-electron chi connectivity index (χ4n) is 4.34.